The highest BCUT2D eigenvalue weighted by Crippen LogP contribution is 2.51. The molecule has 0 spiro atoms. The van der Waals surface area contributed by atoms with Crippen molar-refractivity contribution in [1.82, 2.24) is 10.1 Å². The van der Waals surface area contributed by atoms with Crippen LogP contribution in [-0.2, 0) is 25.6 Å². The Hall–Kier alpha value is -5.01. The lowest BCUT2D eigenvalue weighted by molar-refractivity contribution is -0.181. The van der Waals surface area contributed by atoms with Crippen LogP contribution in [0.1, 0.15) is 32.9 Å². The minimum absolute atomic E-state index is 0.0264. The Morgan fingerprint density at radius 2 is 1.78 bits per heavy atom. The number of aromatic hydroxyl groups is 1. The summed E-state index contributed by atoms with van der Waals surface area (Å²) in [6.45, 7) is -0.0264. The summed E-state index contributed by atoms with van der Waals surface area (Å²) in [7, 11) is 3.07. The number of rotatable bonds is 7. The number of nitrogens with two attached hydrogens (primary N) is 1. The summed E-state index contributed by atoms with van der Waals surface area (Å²) in [6, 6.07) is 10.3. The average molecular weight is 615 g/mol. The van der Waals surface area contributed by atoms with Crippen LogP contribution >= 0.6 is 0 Å². The number of ketones is 5. The zero-order chi connectivity index (χ0) is 32.4. The molecule has 2 saturated carbocycles. The van der Waals surface area contributed by atoms with Crippen LogP contribution in [0.15, 0.2) is 53.2 Å². The SMILES string of the molecule is CN(C)[C@@H]1C(=O)C(C(N)=O)C(=O)[C@@]2(O)C(=O)C3C(=O)c4c(O)ccc(-c5ccc(NCC(=O)c6ccno6)cc5)c4C[C@H]3C[C@@H]12. The molecule has 5 N–H and O–H groups in total. The van der Waals surface area contributed by atoms with E-state index >= 15 is 0 Å². The van der Waals surface area contributed by atoms with Crippen LogP contribution in [0.2, 0.25) is 0 Å². The summed E-state index contributed by atoms with van der Waals surface area (Å²) in [4.78, 5) is 80.4. The summed E-state index contributed by atoms with van der Waals surface area (Å²) in [5.74, 6) is -11.1. The Labute approximate surface area is 256 Å². The van der Waals surface area contributed by atoms with Gasteiger partial charge < -0.3 is 25.8 Å². The normalized spacial score (nSPS) is 27.5. The van der Waals surface area contributed by atoms with Crippen LogP contribution in [0.3, 0.4) is 0 Å². The highest BCUT2D eigenvalue weighted by atomic mass is 16.5. The van der Waals surface area contributed by atoms with E-state index in [2.05, 4.69) is 10.5 Å². The number of phenols is 1. The molecule has 13 nitrogen and oxygen atoms in total. The van der Waals surface area contributed by atoms with E-state index in [-0.39, 0.29) is 42.2 Å². The fourth-order valence-electron chi connectivity index (χ4n) is 7.27. The van der Waals surface area contributed by atoms with E-state index in [4.69, 9.17) is 10.3 Å². The van der Waals surface area contributed by atoms with Gasteiger partial charge in [0.2, 0.25) is 17.5 Å². The number of benzene rings is 2. The molecule has 2 aromatic carbocycles. The van der Waals surface area contributed by atoms with Gasteiger partial charge in [0.15, 0.2) is 34.7 Å². The van der Waals surface area contributed by atoms with E-state index in [0.29, 0.717) is 22.4 Å². The number of fused-ring (bicyclic) bond motifs is 3. The van der Waals surface area contributed by atoms with Gasteiger partial charge in [-0.25, -0.2) is 0 Å². The smallest absolute Gasteiger partial charge is 0.235 e. The van der Waals surface area contributed by atoms with E-state index in [1.165, 1.54) is 37.3 Å². The molecule has 6 atom stereocenters. The van der Waals surface area contributed by atoms with Crippen LogP contribution in [-0.4, -0.2) is 87.4 Å². The van der Waals surface area contributed by atoms with E-state index in [0.717, 1.165) is 0 Å². The quantitative estimate of drug-likeness (QED) is 0.215. The van der Waals surface area contributed by atoms with Crippen molar-refractivity contribution in [3.8, 4) is 16.9 Å². The van der Waals surface area contributed by atoms with Crippen LogP contribution in [0, 0.1) is 23.7 Å². The second-order valence-corrected chi connectivity index (χ2v) is 12.0. The van der Waals surface area contributed by atoms with Gasteiger partial charge in [0.1, 0.15) is 5.75 Å². The van der Waals surface area contributed by atoms with Crippen molar-refractivity contribution in [2.45, 2.75) is 24.5 Å². The molecule has 3 aliphatic rings. The van der Waals surface area contributed by atoms with E-state index in [1.807, 2.05) is 0 Å². The third kappa shape index (κ3) is 4.57. The number of phenolic OH excluding ortho intramolecular Hbond substituents is 1. The van der Waals surface area contributed by atoms with Gasteiger partial charge in [-0.1, -0.05) is 23.4 Å². The summed E-state index contributed by atoms with van der Waals surface area (Å²) in [5, 5.41) is 29.1. The number of nitrogens with zero attached hydrogens (tertiary/aromatic N) is 2. The Bertz CT molecular complexity index is 1770. The van der Waals surface area contributed by atoms with Gasteiger partial charge in [-0.15, -0.1) is 0 Å². The van der Waals surface area contributed by atoms with Crippen molar-refractivity contribution >= 4 is 40.5 Å². The van der Waals surface area contributed by atoms with Crippen LogP contribution in [0.25, 0.3) is 11.1 Å². The highest BCUT2D eigenvalue weighted by Gasteiger charge is 2.69. The average Bonchev–Trinajstić information content (AvgIpc) is 3.53. The Kier molecular flexibility index (Phi) is 7.25. The first-order valence-electron chi connectivity index (χ1n) is 14.3. The van der Waals surface area contributed by atoms with Crippen molar-refractivity contribution in [3.05, 3.63) is 65.5 Å². The van der Waals surface area contributed by atoms with Gasteiger partial charge in [-0.3, -0.25) is 33.7 Å². The number of primary amides is 1. The number of carbonyl (C=O) groups excluding carboxylic acids is 6. The molecule has 0 aliphatic heterocycles. The number of anilines is 1. The van der Waals surface area contributed by atoms with Gasteiger partial charge in [0, 0.05) is 17.7 Å². The molecule has 2 fully saturated rings. The summed E-state index contributed by atoms with van der Waals surface area (Å²) in [6.07, 6.45) is 1.48. The lowest BCUT2D eigenvalue weighted by Gasteiger charge is -2.52. The number of nitrogens with one attached hydrogen (secondary N) is 1. The minimum Gasteiger partial charge on any atom is -0.507 e. The molecule has 232 valence electrons. The molecule has 1 heterocycles. The first-order chi connectivity index (χ1) is 21.4. The molecule has 13 heteroatoms. The molecule has 0 radical (unpaired) electrons. The number of hydrogen-bond donors (Lipinski definition) is 4. The van der Waals surface area contributed by atoms with Crippen molar-refractivity contribution in [2.24, 2.45) is 29.4 Å². The topological polar surface area (TPSA) is 210 Å². The van der Waals surface area contributed by atoms with Crippen molar-refractivity contribution in [1.29, 1.82) is 0 Å². The molecule has 1 amide bonds. The molecule has 0 saturated heterocycles. The van der Waals surface area contributed by atoms with E-state index in [9.17, 15) is 39.0 Å². The molecule has 45 heavy (non-hydrogen) atoms. The molecular formula is C32H30N4O9. The maximum Gasteiger partial charge on any atom is 0.235 e. The van der Waals surface area contributed by atoms with E-state index < -0.39 is 64.4 Å². The molecule has 3 aromatic rings. The number of likely N-dealkylation sites (N-methyl/N-ethyl adjacent to an activating group) is 1. The van der Waals surface area contributed by atoms with Crippen LogP contribution in [0.4, 0.5) is 5.69 Å². The fourth-order valence-corrected chi connectivity index (χ4v) is 7.27. The van der Waals surface area contributed by atoms with Gasteiger partial charge in [0.05, 0.1) is 30.3 Å². The summed E-state index contributed by atoms with van der Waals surface area (Å²) in [5.41, 5.74) is 4.96. The van der Waals surface area contributed by atoms with Crippen molar-refractivity contribution in [2.75, 3.05) is 26.0 Å². The van der Waals surface area contributed by atoms with Gasteiger partial charge in [-0.2, -0.15) is 0 Å². The van der Waals surface area contributed by atoms with Crippen LogP contribution < -0.4 is 11.1 Å². The van der Waals surface area contributed by atoms with Gasteiger partial charge in [0.25, 0.3) is 0 Å². The Morgan fingerprint density at radius 3 is 2.40 bits per heavy atom. The Balaban J connectivity index is 1.34. The first kappa shape index (κ1) is 30.0. The third-order valence-electron chi connectivity index (χ3n) is 9.31. The highest BCUT2D eigenvalue weighted by molar-refractivity contribution is 6.32. The molecule has 0 bridgehead atoms. The number of Topliss-reactive ketones (excluding diaryl/α,β-unsaturated/α-hetero) is 5. The number of amides is 1. The van der Waals surface area contributed by atoms with Crippen molar-refractivity contribution in [3.63, 3.8) is 0 Å². The van der Waals surface area contributed by atoms with Gasteiger partial charge in [-0.05, 0) is 67.7 Å². The van der Waals surface area contributed by atoms with Crippen LogP contribution in [0.5, 0.6) is 5.75 Å². The number of hydrogen-bond acceptors (Lipinski definition) is 12. The lowest BCUT2D eigenvalue weighted by Crippen LogP contribution is -2.74. The fraction of sp³-hybridized carbons (Fsp3) is 0.344. The first-order valence-corrected chi connectivity index (χ1v) is 14.3. The largest absolute Gasteiger partial charge is 0.507 e. The lowest BCUT2D eigenvalue weighted by atomic mass is 9.52. The zero-order valence-corrected chi connectivity index (χ0v) is 24.4. The summed E-state index contributed by atoms with van der Waals surface area (Å²) >= 11 is 0. The standard InChI is InChI=1S/C32H30N4O9/c1-36(2)26-19-12-15-11-18-17(14-3-5-16(6-4-14)34-13-21(38)22-9-10-35-45-22)7-8-20(37)24(18)27(39)23(15)29(41)32(19,44)30(42)25(28(26)40)31(33)43/h3-10,15,19,23,25-26,34,37,44H,11-13H2,1-2H3,(H2,33,43)/t15-,19-,23?,25?,26-,32-/m0/s1. The summed E-state index contributed by atoms with van der Waals surface area (Å²) < 4.78 is 4.88. The molecular weight excluding hydrogens is 584 g/mol. The molecule has 6 rings (SSSR count). The monoisotopic (exact) mass is 614 g/mol. The molecule has 2 unspecified atom stereocenters. The Morgan fingerprint density at radius 1 is 1.07 bits per heavy atom. The number of aromatic nitrogens is 1. The van der Waals surface area contributed by atoms with E-state index in [1.54, 1.807) is 30.3 Å². The maximum absolute atomic E-state index is 14.0. The second-order valence-electron chi connectivity index (χ2n) is 12.0. The molecule has 1 aromatic heterocycles. The second kappa shape index (κ2) is 10.9. The van der Waals surface area contributed by atoms with Gasteiger partial charge >= 0.3 is 0 Å². The predicted molar refractivity (Wildman–Crippen MR) is 156 cm³/mol. The number of aliphatic hydroxyl groups is 1. The maximum atomic E-state index is 14.0. The zero-order valence-electron chi connectivity index (χ0n) is 24.4. The predicted octanol–water partition coefficient (Wildman–Crippen LogP) is 0.817. The van der Waals surface area contributed by atoms with Crippen molar-refractivity contribution < 1.29 is 43.5 Å². The third-order valence-corrected chi connectivity index (χ3v) is 9.31. The molecule has 3 aliphatic carbocycles. The minimum atomic E-state index is -2.78. The number of carbonyl (C=O) groups is 6.